The zero-order chi connectivity index (χ0) is 27.1. The first-order valence-electron chi connectivity index (χ1n) is 12.1. The predicted octanol–water partition coefficient (Wildman–Crippen LogP) is 4.24. The van der Waals surface area contributed by atoms with E-state index in [9.17, 15) is 9.59 Å². The normalized spacial score (nSPS) is 14.7. The first kappa shape index (κ1) is 27.2. The summed E-state index contributed by atoms with van der Waals surface area (Å²) in [5.41, 5.74) is 2.37. The van der Waals surface area contributed by atoms with Gasteiger partial charge in [-0.05, 0) is 41.3 Å². The van der Waals surface area contributed by atoms with Crippen molar-refractivity contribution in [1.29, 1.82) is 0 Å². The fraction of sp³-hybridized carbons (Fsp3) is 0.321. The average Bonchev–Trinajstić information content (AvgIpc) is 3.65. The molecule has 0 spiro atoms. The van der Waals surface area contributed by atoms with Crippen LogP contribution in [-0.2, 0) is 9.53 Å². The molecule has 0 unspecified atom stereocenters. The SMILES string of the molecule is COCCN(CC(=O)N1N=C(c2ccc(OC)cc2OC)C[C@H]1c1ccc(OC)cc1)C(=O)c1cccs1. The Hall–Kier alpha value is -3.89. The molecule has 1 atom stereocenters. The molecule has 38 heavy (non-hydrogen) atoms. The average molecular weight is 538 g/mol. The van der Waals surface area contributed by atoms with Gasteiger partial charge in [-0.3, -0.25) is 9.59 Å². The number of hydrogen-bond donors (Lipinski definition) is 0. The van der Waals surface area contributed by atoms with Gasteiger partial charge >= 0.3 is 0 Å². The Balaban J connectivity index is 1.67. The fourth-order valence-corrected chi connectivity index (χ4v) is 4.96. The molecule has 4 rings (SSSR count). The summed E-state index contributed by atoms with van der Waals surface area (Å²) in [5.74, 6) is 1.46. The minimum atomic E-state index is -0.365. The van der Waals surface area contributed by atoms with Crippen LogP contribution in [0.3, 0.4) is 0 Å². The highest BCUT2D eigenvalue weighted by Gasteiger charge is 2.35. The first-order valence-corrected chi connectivity index (χ1v) is 12.9. The minimum absolute atomic E-state index is 0.136. The Morgan fingerprint density at radius 2 is 1.74 bits per heavy atom. The van der Waals surface area contributed by atoms with Crippen LogP contribution >= 0.6 is 11.3 Å². The van der Waals surface area contributed by atoms with Crippen LogP contribution < -0.4 is 14.2 Å². The van der Waals surface area contributed by atoms with Crippen molar-refractivity contribution in [3.05, 3.63) is 76.0 Å². The third-order valence-corrected chi connectivity index (χ3v) is 7.15. The van der Waals surface area contributed by atoms with E-state index in [0.717, 1.165) is 16.9 Å². The summed E-state index contributed by atoms with van der Waals surface area (Å²) in [5, 5.41) is 8.07. The van der Waals surface area contributed by atoms with Crippen LogP contribution in [0.5, 0.6) is 17.2 Å². The lowest BCUT2D eigenvalue weighted by Gasteiger charge is -2.26. The molecule has 0 N–H and O–H groups in total. The van der Waals surface area contributed by atoms with Gasteiger partial charge in [0.15, 0.2) is 0 Å². The van der Waals surface area contributed by atoms with E-state index in [2.05, 4.69) is 0 Å². The van der Waals surface area contributed by atoms with Crippen LogP contribution in [-0.4, -0.2) is 75.6 Å². The van der Waals surface area contributed by atoms with Gasteiger partial charge in [0, 0.05) is 31.7 Å². The maximum absolute atomic E-state index is 13.7. The summed E-state index contributed by atoms with van der Waals surface area (Å²) >= 11 is 1.34. The van der Waals surface area contributed by atoms with Crippen LogP contribution in [0.25, 0.3) is 0 Å². The maximum Gasteiger partial charge on any atom is 0.264 e. The molecule has 2 aromatic carbocycles. The molecule has 2 amide bonds. The summed E-state index contributed by atoms with van der Waals surface area (Å²) in [6.07, 6.45) is 0.470. The predicted molar refractivity (Wildman–Crippen MR) is 145 cm³/mol. The van der Waals surface area contributed by atoms with Crippen molar-refractivity contribution in [1.82, 2.24) is 9.91 Å². The largest absolute Gasteiger partial charge is 0.497 e. The molecule has 0 aliphatic carbocycles. The number of amides is 2. The van der Waals surface area contributed by atoms with Crippen LogP contribution in [0.15, 0.2) is 65.1 Å². The van der Waals surface area contributed by atoms with Crippen molar-refractivity contribution < 1.29 is 28.5 Å². The number of hydrazone groups is 1. The van der Waals surface area contributed by atoms with Gasteiger partial charge in [-0.1, -0.05) is 18.2 Å². The second-order valence-corrected chi connectivity index (χ2v) is 9.49. The Morgan fingerprint density at radius 3 is 2.37 bits per heavy atom. The van der Waals surface area contributed by atoms with Crippen LogP contribution in [0, 0.1) is 0 Å². The number of carbonyl (C=O) groups is 2. The summed E-state index contributed by atoms with van der Waals surface area (Å²) < 4.78 is 21.4. The minimum Gasteiger partial charge on any atom is -0.497 e. The van der Waals surface area contributed by atoms with Crippen LogP contribution in [0.2, 0.25) is 0 Å². The zero-order valence-corrected chi connectivity index (χ0v) is 22.7. The molecule has 1 aliphatic rings. The molecular weight excluding hydrogens is 506 g/mol. The van der Waals surface area contributed by atoms with E-state index in [1.807, 2.05) is 47.8 Å². The van der Waals surface area contributed by atoms with Crippen LogP contribution in [0.4, 0.5) is 0 Å². The molecule has 2 heterocycles. The molecule has 1 aromatic heterocycles. The van der Waals surface area contributed by atoms with Gasteiger partial charge in [0.2, 0.25) is 0 Å². The zero-order valence-electron chi connectivity index (χ0n) is 21.9. The van der Waals surface area contributed by atoms with Gasteiger partial charge in [0.1, 0.15) is 23.8 Å². The van der Waals surface area contributed by atoms with E-state index >= 15 is 0 Å². The summed E-state index contributed by atoms with van der Waals surface area (Å²) in [7, 11) is 6.35. The third-order valence-electron chi connectivity index (χ3n) is 6.30. The van der Waals surface area contributed by atoms with E-state index in [-0.39, 0.29) is 30.9 Å². The lowest BCUT2D eigenvalue weighted by molar-refractivity contribution is -0.133. The second kappa shape index (κ2) is 12.6. The van der Waals surface area contributed by atoms with Crippen molar-refractivity contribution in [2.24, 2.45) is 5.10 Å². The maximum atomic E-state index is 13.7. The number of thiophene rings is 1. The molecule has 0 saturated heterocycles. The van der Waals surface area contributed by atoms with Gasteiger partial charge in [0.25, 0.3) is 11.8 Å². The van der Waals surface area contributed by atoms with E-state index < -0.39 is 0 Å². The summed E-state index contributed by atoms with van der Waals surface area (Å²) in [6, 6.07) is 16.3. The summed E-state index contributed by atoms with van der Waals surface area (Å²) in [6.45, 7) is 0.454. The van der Waals surface area contributed by atoms with Crippen molar-refractivity contribution in [2.75, 3.05) is 48.1 Å². The first-order chi connectivity index (χ1) is 18.5. The van der Waals surface area contributed by atoms with Crippen molar-refractivity contribution >= 4 is 28.9 Å². The topological polar surface area (TPSA) is 89.9 Å². The smallest absolute Gasteiger partial charge is 0.264 e. The van der Waals surface area contributed by atoms with E-state index in [1.165, 1.54) is 21.2 Å². The molecule has 0 radical (unpaired) electrons. The highest BCUT2D eigenvalue weighted by molar-refractivity contribution is 7.12. The molecule has 10 heteroatoms. The number of methoxy groups -OCH3 is 4. The van der Waals surface area contributed by atoms with Gasteiger partial charge in [-0.2, -0.15) is 5.10 Å². The van der Waals surface area contributed by atoms with Gasteiger partial charge in [-0.25, -0.2) is 5.01 Å². The van der Waals surface area contributed by atoms with E-state index in [1.54, 1.807) is 40.6 Å². The molecule has 1 aliphatic heterocycles. The number of hydrogen-bond acceptors (Lipinski definition) is 8. The second-order valence-electron chi connectivity index (χ2n) is 8.54. The molecule has 9 nitrogen and oxygen atoms in total. The van der Waals surface area contributed by atoms with Crippen molar-refractivity contribution in [3.63, 3.8) is 0 Å². The lowest BCUT2D eigenvalue weighted by atomic mass is 9.97. The van der Waals surface area contributed by atoms with Gasteiger partial charge < -0.3 is 23.8 Å². The highest BCUT2D eigenvalue weighted by atomic mass is 32.1. The van der Waals surface area contributed by atoms with Crippen molar-refractivity contribution in [3.8, 4) is 17.2 Å². The molecule has 0 saturated carbocycles. The fourth-order valence-electron chi connectivity index (χ4n) is 4.27. The molecule has 0 fully saturated rings. The van der Waals surface area contributed by atoms with E-state index in [0.29, 0.717) is 35.1 Å². The summed E-state index contributed by atoms with van der Waals surface area (Å²) in [4.78, 5) is 29.0. The quantitative estimate of drug-likeness (QED) is 0.364. The Labute approximate surface area is 226 Å². The third kappa shape index (κ3) is 5.98. The molecule has 0 bridgehead atoms. The van der Waals surface area contributed by atoms with Gasteiger partial charge in [0.05, 0.1) is 44.6 Å². The van der Waals surface area contributed by atoms with E-state index in [4.69, 9.17) is 24.0 Å². The Morgan fingerprint density at radius 1 is 1.00 bits per heavy atom. The number of ether oxygens (including phenoxy) is 4. The Kier molecular flexibility index (Phi) is 8.98. The molecule has 3 aromatic rings. The monoisotopic (exact) mass is 537 g/mol. The number of carbonyl (C=O) groups excluding carboxylic acids is 2. The Bertz CT molecular complexity index is 1280. The molecular formula is C28H31N3O6S. The number of benzene rings is 2. The van der Waals surface area contributed by atoms with Crippen molar-refractivity contribution in [2.45, 2.75) is 12.5 Å². The van der Waals surface area contributed by atoms with Crippen LogP contribution in [0.1, 0.15) is 33.3 Å². The van der Waals surface area contributed by atoms with Gasteiger partial charge in [-0.15, -0.1) is 11.3 Å². The number of nitrogens with zero attached hydrogens (tertiary/aromatic N) is 3. The standard InChI is InChI=1S/C28H31N3O6S/c1-34-14-13-30(28(33)26-6-5-15-38-26)18-27(32)31-24(19-7-9-20(35-2)10-8-19)17-23(29-31)22-12-11-21(36-3)16-25(22)37-4/h5-12,15-16,24H,13-14,17-18H2,1-4H3/t24-/m0/s1. The number of rotatable bonds is 11. The lowest BCUT2D eigenvalue weighted by Crippen LogP contribution is -2.42. The highest BCUT2D eigenvalue weighted by Crippen LogP contribution is 2.36. The molecule has 200 valence electrons.